The van der Waals surface area contributed by atoms with Crippen LogP contribution in [0.15, 0.2) is 24.3 Å². The van der Waals surface area contributed by atoms with Gasteiger partial charge in [0.25, 0.3) is 0 Å². The Morgan fingerprint density at radius 3 is 2.31 bits per heavy atom. The Morgan fingerprint density at radius 2 is 1.62 bits per heavy atom. The molecule has 6 N–H and O–H groups in total. The van der Waals surface area contributed by atoms with Gasteiger partial charge in [0.2, 0.25) is 0 Å². The molecular formula is C12H22N4. The lowest BCUT2D eigenvalue weighted by atomic mass is 10.3. The van der Waals surface area contributed by atoms with Crippen molar-refractivity contribution in [3.05, 3.63) is 24.3 Å². The maximum absolute atomic E-state index is 5.60. The van der Waals surface area contributed by atoms with Crippen LogP contribution in [0.2, 0.25) is 0 Å². The molecule has 0 radical (unpaired) electrons. The van der Waals surface area contributed by atoms with E-state index in [0.717, 1.165) is 50.4 Å². The molecule has 1 aromatic rings. The van der Waals surface area contributed by atoms with E-state index in [9.17, 15) is 0 Å². The van der Waals surface area contributed by atoms with Crippen LogP contribution in [0.25, 0.3) is 0 Å². The van der Waals surface area contributed by atoms with E-state index in [1.807, 2.05) is 24.3 Å². The number of nitrogens with one attached hydrogen (secondary N) is 2. The van der Waals surface area contributed by atoms with Gasteiger partial charge in [-0.2, -0.15) is 0 Å². The maximum Gasteiger partial charge on any atom is 0.0341 e. The Morgan fingerprint density at radius 1 is 0.938 bits per heavy atom. The van der Waals surface area contributed by atoms with Gasteiger partial charge in [-0.1, -0.05) is 0 Å². The molecule has 0 bridgehead atoms. The molecule has 0 amide bonds. The van der Waals surface area contributed by atoms with Gasteiger partial charge in [0.05, 0.1) is 0 Å². The third-order valence-electron chi connectivity index (χ3n) is 2.33. The van der Waals surface area contributed by atoms with Crippen LogP contribution in [-0.2, 0) is 0 Å². The fraction of sp³-hybridized carbons (Fsp3) is 0.500. The molecule has 1 aromatic carbocycles. The van der Waals surface area contributed by atoms with Crippen molar-refractivity contribution in [2.75, 3.05) is 37.2 Å². The Kier molecular flexibility index (Phi) is 6.37. The van der Waals surface area contributed by atoms with Gasteiger partial charge in [0.1, 0.15) is 0 Å². The Balaban J connectivity index is 2.01. The van der Waals surface area contributed by atoms with Crippen LogP contribution in [0.3, 0.4) is 0 Å². The van der Waals surface area contributed by atoms with Gasteiger partial charge >= 0.3 is 0 Å². The van der Waals surface area contributed by atoms with E-state index in [0.29, 0.717) is 0 Å². The van der Waals surface area contributed by atoms with Gasteiger partial charge in [0, 0.05) is 17.9 Å². The highest BCUT2D eigenvalue weighted by Gasteiger charge is 1.91. The summed E-state index contributed by atoms with van der Waals surface area (Å²) in [5.74, 6) is 0. The van der Waals surface area contributed by atoms with Gasteiger partial charge in [-0.15, -0.1) is 0 Å². The number of hydrogen-bond donors (Lipinski definition) is 4. The van der Waals surface area contributed by atoms with Gasteiger partial charge in [-0.3, -0.25) is 0 Å². The van der Waals surface area contributed by atoms with E-state index in [2.05, 4.69) is 10.6 Å². The minimum Gasteiger partial charge on any atom is -0.399 e. The molecule has 0 aliphatic carbocycles. The number of nitrogens with two attached hydrogens (primary N) is 2. The average Bonchev–Trinajstić information content (AvgIpc) is 2.30. The zero-order valence-electron chi connectivity index (χ0n) is 9.71. The number of benzene rings is 1. The molecule has 4 heteroatoms. The van der Waals surface area contributed by atoms with E-state index in [4.69, 9.17) is 11.5 Å². The molecule has 4 nitrogen and oxygen atoms in total. The molecule has 0 aromatic heterocycles. The monoisotopic (exact) mass is 222 g/mol. The first-order chi connectivity index (χ1) is 7.83. The van der Waals surface area contributed by atoms with Crippen molar-refractivity contribution >= 4 is 11.4 Å². The molecule has 0 saturated carbocycles. The third-order valence-corrected chi connectivity index (χ3v) is 2.33. The summed E-state index contributed by atoms with van der Waals surface area (Å²) in [5.41, 5.74) is 12.9. The first-order valence-electron chi connectivity index (χ1n) is 5.83. The molecule has 0 saturated heterocycles. The van der Waals surface area contributed by atoms with Crippen LogP contribution >= 0.6 is 0 Å². The summed E-state index contributed by atoms with van der Waals surface area (Å²) in [4.78, 5) is 0. The predicted molar refractivity (Wildman–Crippen MR) is 70.5 cm³/mol. The van der Waals surface area contributed by atoms with E-state index >= 15 is 0 Å². The largest absolute Gasteiger partial charge is 0.399 e. The molecule has 0 aliphatic rings. The summed E-state index contributed by atoms with van der Waals surface area (Å²) in [6.45, 7) is 3.77. The summed E-state index contributed by atoms with van der Waals surface area (Å²) >= 11 is 0. The molecule has 1 rings (SSSR count). The van der Waals surface area contributed by atoms with Crippen molar-refractivity contribution in [1.29, 1.82) is 0 Å². The normalized spacial score (nSPS) is 10.3. The number of anilines is 2. The number of rotatable bonds is 8. The van der Waals surface area contributed by atoms with Crippen molar-refractivity contribution in [2.24, 2.45) is 5.73 Å². The zero-order valence-corrected chi connectivity index (χ0v) is 9.71. The van der Waals surface area contributed by atoms with Crippen LogP contribution in [0, 0.1) is 0 Å². The smallest absolute Gasteiger partial charge is 0.0341 e. The SMILES string of the molecule is NCCCNCCCNc1ccc(N)cc1. The van der Waals surface area contributed by atoms with Crippen LogP contribution in [-0.4, -0.2) is 26.2 Å². The van der Waals surface area contributed by atoms with Gasteiger partial charge < -0.3 is 22.1 Å². The maximum atomic E-state index is 5.60. The van der Waals surface area contributed by atoms with E-state index in [1.54, 1.807) is 0 Å². The lowest BCUT2D eigenvalue weighted by Crippen LogP contribution is -2.21. The second-order valence-electron chi connectivity index (χ2n) is 3.79. The predicted octanol–water partition coefficient (Wildman–Crippen LogP) is 1.01. The van der Waals surface area contributed by atoms with Crippen LogP contribution in [0.4, 0.5) is 11.4 Å². The minimum absolute atomic E-state index is 0.761. The second-order valence-corrected chi connectivity index (χ2v) is 3.79. The van der Waals surface area contributed by atoms with Gasteiger partial charge in [-0.05, 0) is 56.7 Å². The standard InChI is InChI=1S/C12H22N4/c13-7-1-8-15-9-2-10-16-12-5-3-11(14)4-6-12/h3-6,15-16H,1-2,7-10,13-14H2. The van der Waals surface area contributed by atoms with Crippen molar-refractivity contribution in [3.63, 3.8) is 0 Å². The van der Waals surface area contributed by atoms with Gasteiger partial charge in [0.15, 0.2) is 0 Å². The fourth-order valence-corrected chi connectivity index (χ4v) is 1.40. The number of nitrogen functional groups attached to an aromatic ring is 1. The molecule has 90 valence electrons. The number of hydrogen-bond acceptors (Lipinski definition) is 4. The topological polar surface area (TPSA) is 76.1 Å². The van der Waals surface area contributed by atoms with E-state index < -0.39 is 0 Å². The van der Waals surface area contributed by atoms with Crippen LogP contribution < -0.4 is 22.1 Å². The highest BCUT2D eigenvalue weighted by atomic mass is 14.9. The summed E-state index contributed by atoms with van der Waals surface area (Å²) in [6.07, 6.45) is 2.15. The second kappa shape index (κ2) is 7.96. The Bertz CT molecular complexity index is 271. The molecule has 0 spiro atoms. The first kappa shape index (κ1) is 12.8. The Labute approximate surface area is 97.4 Å². The molecule has 0 aliphatic heterocycles. The fourth-order valence-electron chi connectivity index (χ4n) is 1.40. The van der Waals surface area contributed by atoms with Crippen molar-refractivity contribution in [2.45, 2.75) is 12.8 Å². The van der Waals surface area contributed by atoms with Crippen LogP contribution in [0.1, 0.15) is 12.8 Å². The summed E-state index contributed by atoms with van der Waals surface area (Å²) in [6, 6.07) is 7.80. The molecule has 16 heavy (non-hydrogen) atoms. The van der Waals surface area contributed by atoms with Gasteiger partial charge in [-0.25, -0.2) is 0 Å². The average molecular weight is 222 g/mol. The summed E-state index contributed by atoms with van der Waals surface area (Å²) in [5, 5.41) is 6.68. The quantitative estimate of drug-likeness (QED) is 0.391. The first-order valence-corrected chi connectivity index (χ1v) is 5.83. The van der Waals surface area contributed by atoms with Crippen molar-refractivity contribution < 1.29 is 0 Å². The summed E-state index contributed by atoms with van der Waals surface area (Å²) < 4.78 is 0. The molecule has 0 heterocycles. The lowest BCUT2D eigenvalue weighted by Gasteiger charge is -2.07. The zero-order chi connectivity index (χ0) is 11.6. The van der Waals surface area contributed by atoms with E-state index in [1.165, 1.54) is 0 Å². The van der Waals surface area contributed by atoms with Crippen molar-refractivity contribution in [3.8, 4) is 0 Å². The highest BCUT2D eigenvalue weighted by molar-refractivity contribution is 5.51. The summed E-state index contributed by atoms with van der Waals surface area (Å²) in [7, 11) is 0. The van der Waals surface area contributed by atoms with Crippen LogP contribution in [0.5, 0.6) is 0 Å². The molecule has 0 fully saturated rings. The minimum atomic E-state index is 0.761. The molecule has 0 atom stereocenters. The van der Waals surface area contributed by atoms with E-state index in [-0.39, 0.29) is 0 Å². The Hall–Kier alpha value is -1.26. The molecule has 0 unspecified atom stereocenters. The third kappa shape index (κ3) is 5.58. The lowest BCUT2D eigenvalue weighted by molar-refractivity contribution is 0.637. The molecular weight excluding hydrogens is 200 g/mol. The van der Waals surface area contributed by atoms with Crippen molar-refractivity contribution in [1.82, 2.24) is 5.32 Å². The highest BCUT2D eigenvalue weighted by Crippen LogP contribution is 2.09.